The van der Waals surface area contributed by atoms with Crippen molar-refractivity contribution in [2.24, 2.45) is 0 Å². The monoisotopic (exact) mass is 428 g/mol. The highest BCUT2D eigenvalue weighted by Gasteiger charge is 2.30. The zero-order valence-corrected chi connectivity index (χ0v) is 18.1. The number of nitrogens with one attached hydrogen (secondary N) is 1. The zero-order valence-electron chi connectivity index (χ0n) is 17.3. The van der Waals surface area contributed by atoms with Gasteiger partial charge < -0.3 is 15.1 Å². The van der Waals surface area contributed by atoms with Crippen molar-refractivity contribution in [2.45, 2.75) is 13.3 Å². The van der Waals surface area contributed by atoms with E-state index in [1.807, 2.05) is 19.0 Å². The van der Waals surface area contributed by atoms with Crippen molar-refractivity contribution >= 4 is 46.4 Å². The summed E-state index contributed by atoms with van der Waals surface area (Å²) in [5.74, 6) is -0.794. The van der Waals surface area contributed by atoms with Gasteiger partial charge >= 0.3 is 0 Å². The molecule has 2 aromatic rings. The van der Waals surface area contributed by atoms with Crippen LogP contribution in [0.25, 0.3) is 0 Å². The van der Waals surface area contributed by atoms with Crippen molar-refractivity contribution in [2.75, 3.05) is 43.9 Å². The maximum absolute atomic E-state index is 13.4. The van der Waals surface area contributed by atoms with Gasteiger partial charge in [-0.05, 0) is 57.4 Å². The molecule has 0 unspecified atom stereocenters. The average Bonchev–Trinajstić information content (AvgIpc) is 2.80. The Balaban J connectivity index is 1.97. The van der Waals surface area contributed by atoms with Gasteiger partial charge in [0, 0.05) is 18.5 Å². The minimum absolute atomic E-state index is 0.0899. The zero-order chi connectivity index (χ0) is 21.8. The summed E-state index contributed by atoms with van der Waals surface area (Å²) in [6.07, 6.45) is 0.753. The standard InChI is InChI=1S/C22H25ClN4O3/c1-15(28)26(12-6-11-25(2)3)14-21(29)27-19-8-5-4-7-17(19)22(30)24-18-13-16(23)9-10-20(18)27/h4-5,7-10,13H,6,11-12,14H2,1-3H3,(H,24,30). The molecule has 0 bridgehead atoms. The van der Waals surface area contributed by atoms with E-state index >= 15 is 0 Å². The number of rotatable bonds is 6. The van der Waals surface area contributed by atoms with Crippen LogP contribution in [0.1, 0.15) is 23.7 Å². The second kappa shape index (κ2) is 9.28. The minimum atomic E-state index is -0.321. The van der Waals surface area contributed by atoms with Crippen LogP contribution >= 0.6 is 11.6 Å². The van der Waals surface area contributed by atoms with Crippen LogP contribution < -0.4 is 10.2 Å². The molecule has 3 rings (SSSR count). The number of hydrogen-bond donors (Lipinski definition) is 1. The normalized spacial score (nSPS) is 12.7. The van der Waals surface area contributed by atoms with Crippen molar-refractivity contribution in [1.82, 2.24) is 9.80 Å². The van der Waals surface area contributed by atoms with Crippen LogP contribution in [0.15, 0.2) is 42.5 Å². The van der Waals surface area contributed by atoms with E-state index in [2.05, 4.69) is 5.32 Å². The summed E-state index contributed by atoms with van der Waals surface area (Å²) in [5.41, 5.74) is 1.80. The molecule has 0 aliphatic carbocycles. The topological polar surface area (TPSA) is 73.0 Å². The van der Waals surface area contributed by atoms with Crippen LogP contribution in [0.2, 0.25) is 5.02 Å². The number of carbonyl (C=O) groups is 3. The highest BCUT2D eigenvalue weighted by atomic mass is 35.5. The molecule has 0 atom stereocenters. The predicted octanol–water partition coefficient (Wildman–Crippen LogP) is 3.37. The summed E-state index contributed by atoms with van der Waals surface area (Å²) in [6, 6.07) is 11.9. The van der Waals surface area contributed by atoms with Crippen molar-refractivity contribution in [3.05, 3.63) is 53.1 Å². The van der Waals surface area contributed by atoms with Gasteiger partial charge in [0.1, 0.15) is 6.54 Å². The summed E-state index contributed by atoms with van der Waals surface area (Å²) in [7, 11) is 3.92. The molecule has 0 saturated heterocycles. The van der Waals surface area contributed by atoms with Crippen molar-refractivity contribution in [1.29, 1.82) is 0 Å². The van der Waals surface area contributed by atoms with E-state index in [1.54, 1.807) is 42.5 Å². The molecule has 0 aromatic heterocycles. The summed E-state index contributed by atoms with van der Waals surface area (Å²) in [6.45, 7) is 2.65. The first-order valence-electron chi connectivity index (χ1n) is 9.71. The third-order valence-corrected chi connectivity index (χ3v) is 5.13. The van der Waals surface area contributed by atoms with E-state index in [1.165, 1.54) is 16.7 Å². The number of anilines is 3. The van der Waals surface area contributed by atoms with Gasteiger partial charge in [-0.2, -0.15) is 0 Å². The number of benzene rings is 2. The Morgan fingerprint density at radius 1 is 1.07 bits per heavy atom. The Morgan fingerprint density at radius 2 is 1.80 bits per heavy atom. The fourth-order valence-electron chi connectivity index (χ4n) is 3.41. The van der Waals surface area contributed by atoms with Crippen molar-refractivity contribution in [3.63, 3.8) is 0 Å². The highest BCUT2D eigenvalue weighted by Crippen LogP contribution is 2.39. The third-order valence-electron chi connectivity index (χ3n) is 4.89. The van der Waals surface area contributed by atoms with E-state index in [0.29, 0.717) is 34.2 Å². The average molecular weight is 429 g/mol. The van der Waals surface area contributed by atoms with Gasteiger partial charge in [0.2, 0.25) is 5.91 Å². The summed E-state index contributed by atoms with van der Waals surface area (Å²) >= 11 is 6.11. The number of nitrogens with zero attached hydrogens (tertiary/aromatic N) is 3. The molecule has 0 fully saturated rings. The molecule has 0 saturated carbocycles. The van der Waals surface area contributed by atoms with Crippen LogP contribution in [0, 0.1) is 0 Å². The van der Waals surface area contributed by atoms with Gasteiger partial charge in [-0.25, -0.2) is 0 Å². The first-order valence-corrected chi connectivity index (χ1v) is 10.1. The third kappa shape index (κ3) is 4.80. The fourth-order valence-corrected chi connectivity index (χ4v) is 3.58. The molecular formula is C22H25ClN4O3. The quantitative estimate of drug-likeness (QED) is 0.765. The summed E-state index contributed by atoms with van der Waals surface area (Å²) in [5, 5.41) is 3.27. The summed E-state index contributed by atoms with van der Waals surface area (Å²) in [4.78, 5) is 43.4. The molecule has 158 valence electrons. The fraction of sp³-hybridized carbons (Fsp3) is 0.318. The SMILES string of the molecule is CC(=O)N(CCCN(C)C)CC(=O)N1c2ccc(Cl)cc2NC(=O)c2ccccc21. The lowest BCUT2D eigenvalue weighted by Crippen LogP contribution is -2.41. The molecule has 0 radical (unpaired) electrons. The molecule has 1 aliphatic heterocycles. The van der Waals surface area contributed by atoms with Crippen molar-refractivity contribution in [3.8, 4) is 0 Å². The van der Waals surface area contributed by atoms with Crippen LogP contribution in [0.3, 0.4) is 0 Å². The van der Waals surface area contributed by atoms with Crippen LogP contribution in [-0.4, -0.2) is 61.3 Å². The lowest BCUT2D eigenvalue weighted by atomic mass is 10.1. The Kier molecular flexibility index (Phi) is 6.74. The predicted molar refractivity (Wildman–Crippen MR) is 118 cm³/mol. The number of fused-ring (bicyclic) bond motifs is 2. The molecule has 1 aliphatic rings. The summed E-state index contributed by atoms with van der Waals surface area (Å²) < 4.78 is 0. The Bertz CT molecular complexity index is 977. The minimum Gasteiger partial charge on any atom is -0.334 e. The number of amides is 3. The van der Waals surface area contributed by atoms with Crippen LogP contribution in [0.5, 0.6) is 0 Å². The van der Waals surface area contributed by atoms with Gasteiger partial charge in [-0.1, -0.05) is 23.7 Å². The number of hydrogen-bond acceptors (Lipinski definition) is 4. The van der Waals surface area contributed by atoms with E-state index < -0.39 is 0 Å². The molecule has 0 spiro atoms. The molecule has 8 heteroatoms. The van der Waals surface area contributed by atoms with Crippen LogP contribution in [-0.2, 0) is 9.59 Å². The number of para-hydroxylation sites is 1. The molecule has 1 N–H and O–H groups in total. The maximum Gasteiger partial charge on any atom is 0.257 e. The lowest BCUT2D eigenvalue weighted by Gasteiger charge is -2.28. The number of carbonyl (C=O) groups excluding carboxylic acids is 3. The molecule has 7 nitrogen and oxygen atoms in total. The van der Waals surface area contributed by atoms with Gasteiger partial charge in [0.15, 0.2) is 0 Å². The van der Waals surface area contributed by atoms with Gasteiger partial charge in [0.25, 0.3) is 11.8 Å². The van der Waals surface area contributed by atoms with E-state index in [9.17, 15) is 14.4 Å². The highest BCUT2D eigenvalue weighted by molar-refractivity contribution is 6.31. The van der Waals surface area contributed by atoms with Gasteiger partial charge in [-0.3, -0.25) is 19.3 Å². The molecule has 2 aromatic carbocycles. The Labute approximate surface area is 181 Å². The Morgan fingerprint density at radius 3 is 2.50 bits per heavy atom. The van der Waals surface area contributed by atoms with E-state index in [4.69, 9.17) is 11.6 Å². The number of halogens is 1. The van der Waals surface area contributed by atoms with E-state index in [-0.39, 0.29) is 24.3 Å². The second-order valence-corrected chi connectivity index (χ2v) is 7.90. The van der Waals surface area contributed by atoms with E-state index in [0.717, 1.165) is 13.0 Å². The van der Waals surface area contributed by atoms with Crippen molar-refractivity contribution < 1.29 is 14.4 Å². The second-order valence-electron chi connectivity index (χ2n) is 7.46. The molecule has 30 heavy (non-hydrogen) atoms. The smallest absolute Gasteiger partial charge is 0.257 e. The molecular weight excluding hydrogens is 404 g/mol. The molecule has 1 heterocycles. The first-order chi connectivity index (χ1) is 14.3. The van der Waals surface area contributed by atoms with Gasteiger partial charge in [-0.15, -0.1) is 0 Å². The first kappa shape index (κ1) is 21.8. The lowest BCUT2D eigenvalue weighted by molar-refractivity contribution is -0.133. The Hall–Kier alpha value is -2.90. The van der Waals surface area contributed by atoms with Crippen LogP contribution in [0.4, 0.5) is 17.1 Å². The maximum atomic E-state index is 13.4. The molecule has 3 amide bonds. The largest absolute Gasteiger partial charge is 0.334 e. The van der Waals surface area contributed by atoms with Gasteiger partial charge in [0.05, 0.1) is 22.6 Å².